The van der Waals surface area contributed by atoms with Gasteiger partial charge in [-0.1, -0.05) is 23.8 Å². The summed E-state index contributed by atoms with van der Waals surface area (Å²) in [5.74, 6) is 1.03. The molecule has 0 saturated heterocycles. The normalized spacial score (nSPS) is 16.5. The fourth-order valence-corrected chi connectivity index (χ4v) is 3.59. The molecule has 6 nitrogen and oxygen atoms in total. The van der Waals surface area contributed by atoms with Gasteiger partial charge in [-0.2, -0.15) is 18.3 Å². The summed E-state index contributed by atoms with van der Waals surface area (Å²) in [4.78, 5) is 16.1. The van der Waals surface area contributed by atoms with Crippen molar-refractivity contribution in [2.45, 2.75) is 31.9 Å². The van der Waals surface area contributed by atoms with E-state index >= 15 is 0 Å². The van der Waals surface area contributed by atoms with E-state index in [1.165, 1.54) is 11.6 Å². The number of aromatic amines is 1. The Bertz CT molecular complexity index is 1080. The number of carbonyl (C=O) groups excluding carboxylic acids is 1. The van der Waals surface area contributed by atoms with Crippen LogP contribution >= 0.6 is 0 Å². The van der Waals surface area contributed by atoms with Gasteiger partial charge in [0.05, 0.1) is 5.56 Å². The second-order valence-corrected chi connectivity index (χ2v) is 7.58. The standard InChI is InChI=1S/C23H21F3N4O2/c24-23(25,26)18-8-9-21(27-14-18)32-19-3-1-2-16(13-19)12-15-4-6-17(7-5-15)22(31)29-20-10-11-28-30-20/h1-3,8-14,17H,4-7H2,(H2,28,29,30,31). The van der Waals surface area contributed by atoms with Gasteiger partial charge in [-0.3, -0.25) is 9.89 Å². The fourth-order valence-electron chi connectivity index (χ4n) is 3.59. The zero-order valence-corrected chi connectivity index (χ0v) is 17.0. The van der Waals surface area contributed by atoms with Crippen molar-refractivity contribution in [2.24, 2.45) is 5.92 Å². The number of allylic oxidation sites excluding steroid dienone is 1. The molecule has 9 heteroatoms. The van der Waals surface area contributed by atoms with Crippen LogP contribution in [0.15, 0.2) is 60.4 Å². The van der Waals surface area contributed by atoms with Crippen LogP contribution < -0.4 is 10.1 Å². The second kappa shape index (κ2) is 9.25. The molecule has 0 atom stereocenters. The van der Waals surface area contributed by atoms with Gasteiger partial charge in [0, 0.05) is 30.4 Å². The third-order valence-electron chi connectivity index (χ3n) is 5.27. The molecule has 1 saturated carbocycles. The SMILES string of the molecule is O=C(Nc1cc[nH]n1)C1CCC(=Cc2cccc(Oc3ccc(C(F)(F)F)cn3)c2)CC1. The lowest BCUT2D eigenvalue weighted by molar-refractivity contribution is -0.137. The smallest absolute Gasteiger partial charge is 0.417 e. The number of carbonyl (C=O) groups is 1. The van der Waals surface area contributed by atoms with Crippen molar-refractivity contribution in [3.8, 4) is 11.6 Å². The van der Waals surface area contributed by atoms with Crippen LogP contribution in [0, 0.1) is 5.92 Å². The van der Waals surface area contributed by atoms with Gasteiger partial charge >= 0.3 is 6.18 Å². The molecule has 0 unspecified atom stereocenters. The van der Waals surface area contributed by atoms with E-state index < -0.39 is 11.7 Å². The molecule has 1 amide bonds. The molecule has 1 aliphatic carbocycles. The summed E-state index contributed by atoms with van der Waals surface area (Å²) in [5, 5.41) is 9.42. The number of hydrogen-bond donors (Lipinski definition) is 2. The summed E-state index contributed by atoms with van der Waals surface area (Å²) >= 11 is 0. The van der Waals surface area contributed by atoms with Gasteiger partial charge in [0.1, 0.15) is 5.75 Å². The van der Waals surface area contributed by atoms with E-state index in [-0.39, 0.29) is 17.7 Å². The number of amides is 1. The van der Waals surface area contributed by atoms with Crippen LogP contribution in [0.5, 0.6) is 11.6 Å². The Kier molecular flexibility index (Phi) is 6.25. The van der Waals surface area contributed by atoms with Crippen molar-refractivity contribution >= 4 is 17.8 Å². The molecule has 1 aliphatic rings. The number of anilines is 1. The number of ether oxygens (including phenoxy) is 1. The Balaban J connectivity index is 1.35. The molecule has 0 aliphatic heterocycles. The molecule has 1 aromatic carbocycles. The Morgan fingerprint density at radius 3 is 2.62 bits per heavy atom. The summed E-state index contributed by atoms with van der Waals surface area (Å²) in [7, 11) is 0. The first kappa shape index (κ1) is 21.6. The first-order valence-electron chi connectivity index (χ1n) is 10.2. The van der Waals surface area contributed by atoms with E-state index in [0.29, 0.717) is 11.6 Å². The number of nitrogens with zero attached hydrogens (tertiary/aromatic N) is 2. The summed E-state index contributed by atoms with van der Waals surface area (Å²) in [6, 6.07) is 11.1. The van der Waals surface area contributed by atoms with Crippen molar-refractivity contribution in [3.05, 3.63) is 71.6 Å². The minimum Gasteiger partial charge on any atom is -0.439 e. The van der Waals surface area contributed by atoms with Gasteiger partial charge in [0.2, 0.25) is 11.8 Å². The van der Waals surface area contributed by atoms with E-state index in [4.69, 9.17) is 4.74 Å². The van der Waals surface area contributed by atoms with E-state index in [1.54, 1.807) is 18.3 Å². The summed E-state index contributed by atoms with van der Waals surface area (Å²) in [6.07, 6.45) is 3.17. The molecule has 2 N–H and O–H groups in total. The number of hydrogen-bond acceptors (Lipinski definition) is 4. The van der Waals surface area contributed by atoms with Crippen LogP contribution in [0.2, 0.25) is 0 Å². The van der Waals surface area contributed by atoms with Crippen LogP contribution in [0.3, 0.4) is 0 Å². The van der Waals surface area contributed by atoms with Gasteiger partial charge in [0.25, 0.3) is 0 Å². The van der Waals surface area contributed by atoms with Gasteiger partial charge in [-0.05, 0) is 49.4 Å². The average Bonchev–Trinajstić information content (AvgIpc) is 3.27. The fraction of sp³-hybridized carbons (Fsp3) is 0.261. The molecule has 166 valence electrons. The van der Waals surface area contributed by atoms with Crippen molar-refractivity contribution in [3.63, 3.8) is 0 Å². The lowest BCUT2D eigenvalue weighted by Crippen LogP contribution is -2.25. The van der Waals surface area contributed by atoms with Crippen molar-refractivity contribution in [1.29, 1.82) is 0 Å². The highest BCUT2D eigenvalue weighted by molar-refractivity contribution is 5.91. The highest BCUT2D eigenvalue weighted by Gasteiger charge is 2.30. The molecular formula is C23H21F3N4O2. The molecule has 4 rings (SSSR count). The maximum atomic E-state index is 12.7. The molecule has 32 heavy (non-hydrogen) atoms. The first-order chi connectivity index (χ1) is 15.4. The number of aromatic nitrogens is 3. The maximum Gasteiger partial charge on any atom is 0.417 e. The number of alkyl halides is 3. The Morgan fingerprint density at radius 2 is 1.97 bits per heavy atom. The quantitative estimate of drug-likeness (QED) is 0.521. The van der Waals surface area contributed by atoms with E-state index in [2.05, 4.69) is 26.6 Å². The molecule has 2 heterocycles. The Morgan fingerprint density at radius 1 is 1.16 bits per heavy atom. The molecular weight excluding hydrogens is 421 g/mol. The minimum absolute atomic E-state index is 0.0180. The lowest BCUT2D eigenvalue weighted by atomic mass is 9.84. The van der Waals surface area contributed by atoms with Crippen LogP contribution in [0.25, 0.3) is 6.08 Å². The van der Waals surface area contributed by atoms with Gasteiger partial charge < -0.3 is 10.1 Å². The number of nitrogens with one attached hydrogen (secondary N) is 2. The van der Waals surface area contributed by atoms with Crippen LogP contribution in [0.4, 0.5) is 19.0 Å². The minimum atomic E-state index is -4.43. The third-order valence-corrected chi connectivity index (χ3v) is 5.27. The largest absolute Gasteiger partial charge is 0.439 e. The molecule has 0 radical (unpaired) electrons. The van der Waals surface area contributed by atoms with Crippen molar-refractivity contribution < 1.29 is 22.7 Å². The number of benzene rings is 1. The zero-order valence-electron chi connectivity index (χ0n) is 17.0. The lowest BCUT2D eigenvalue weighted by Gasteiger charge is -2.23. The first-order valence-corrected chi connectivity index (χ1v) is 10.2. The molecule has 3 aromatic rings. The number of rotatable bonds is 5. The van der Waals surface area contributed by atoms with Crippen LogP contribution in [-0.2, 0) is 11.0 Å². The van der Waals surface area contributed by atoms with E-state index in [9.17, 15) is 18.0 Å². The third kappa shape index (κ3) is 5.54. The summed E-state index contributed by atoms with van der Waals surface area (Å²) in [5.41, 5.74) is 1.33. The molecule has 1 fully saturated rings. The van der Waals surface area contributed by atoms with Crippen LogP contribution in [-0.4, -0.2) is 21.1 Å². The van der Waals surface area contributed by atoms with Crippen LogP contribution in [0.1, 0.15) is 36.8 Å². The van der Waals surface area contributed by atoms with Gasteiger partial charge in [-0.15, -0.1) is 0 Å². The van der Waals surface area contributed by atoms with E-state index in [1.807, 2.05) is 18.2 Å². The van der Waals surface area contributed by atoms with Crippen molar-refractivity contribution in [1.82, 2.24) is 15.2 Å². The number of halogens is 3. The van der Waals surface area contributed by atoms with Gasteiger partial charge in [-0.25, -0.2) is 4.98 Å². The molecule has 2 aromatic heterocycles. The van der Waals surface area contributed by atoms with Crippen molar-refractivity contribution in [2.75, 3.05) is 5.32 Å². The average molecular weight is 442 g/mol. The Hall–Kier alpha value is -3.62. The second-order valence-electron chi connectivity index (χ2n) is 7.58. The highest BCUT2D eigenvalue weighted by Crippen LogP contribution is 2.32. The van der Waals surface area contributed by atoms with Gasteiger partial charge in [0.15, 0.2) is 5.82 Å². The molecule has 0 bridgehead atoms. The summed E-state index contributed by atoms with van der Waals surface area (Å²) in [6.45, 7) is 0. The predicted molar refractivity (Wildman–Crippen MR) is 113 cm³/mol. The highest BCUT2D eigenvalue weighted by atomic mass is 19.4. The predicted octanol–water partition coefficient (Wildman–Crippen LogP) is 5.83. The van der Waals surface area contributed by atoms with E-state index in [0.717, 1.165) is 43.5 Å². The maximum absolute atomic E-state index is 12.7. The zero-order chi connectivity index (χ0) is 22.6. The Labute approximate surface area is 182 Å². The summed E-state index contributed by atoms with van der Waals surface area (Å²) < 4.78 is 43.6. The topological polar surface area (TPSA) is 79.9 Å². The molecule has 0 spiro atoms. The number of H-pyrrole nitrogens is 1. The monoisotopic (exact) mass is 442 g/mol. The number of pyridine rings is 1.